The molecule has 1 spiro atoms. The third-order valence-electron chi connectivity index (χ3n) is 7.20. The highest BCUT2D eigenvalue weighted by Gasteiger charge is 2.76. The van der Waals surface area contributed by atoms with Crippen molar-refractivity contribution in [3.8, 4) is 0 Å². The van der Waals surface area contributed by atoms with Crippen LogP contribution < -0.4 is 10.6 Å². The van der Waals surface area contributed by atoms with E-state index in [9.17, 15) is 19.5 Å². The van der Waals surface area contributed by atoms with Crippen molar-refractivity contribution in [2.45, 2.75) is 73.4 Å². The minimum Gasteiger partial charge on any atom is -0.394 e. The number of hydrogen-bond donors (Lipinski definition) is 3. The number of fused-ring (bicyclic) bond motifs is 1. The maximum absolute atomic E-state index is 13.8. The Kier molecular flexibility index (Phi) is 7.45. The molecule has 3 aliphatic heterocycles. The third-order valence-corrected chi connectivity index (χ3v) is 10.4. The first kappa shape index (κ1) is 23.9. The van der Waals surface area contributed by atoms with E-state index in [1.165, 1.54) is 0 Å². The van der Waals surface area contributed by atoms with Crippen molar-refractivity contribution >= 4 is 45.4 Å². The van der Waals surface area contributed by atoms with Crippen molar-refractivity contribution in [2.24, 2.45) is 17.8 Å². The van der Waals surface area contributed by atoms with Gasteiger partial charge in [-0.15, -0.1) is 11.8 Å². The van der Waals surface area contributed by atoms with Crippen LogP contribution in [-0.2, 0) is 14.4 Å². The fourth-order valence-electron chi connectivity index (χ4n) is 5.49. The van der Waals surface area contributed by atoms with Gasteiger partial charge in [-0.25, -0.2) is 0 Å². The van der Waals surface area contributed by atoms with Gasteiger partial charge < -0.3 is 20.6 Å². The molecule has 0 aromatic heterocycles. The maximum atomic E-state index is 13.8. The zero-order valence-corrected chi connectivity index (χ0v) is 20.6. The molecule has 30 heavy (non-hydrogen) atoms. The molecule has 3 N–H and O–H groups in total. The number of unbranched alkanes of at least 4 members (excludes halogenated alkanes) is 1. The predicted octanol–water partition coefficient (Wildman–Crippen LogP) is 1.52. The lowest BCUT2D eigenvalue weighted by atomic mass is 9.70. The van der Waals surface area contributed by atoms with Gasteiger partial charge >= 0.3 is 0 Å². The number of carbonyl (C=O) groups is 3. The number of aliphatic hydroxyl groups is 1. The zero-order chi connectivity index (χ0) is 22.2. The quantitative estimate of drug-likeness (QED) is 0.327. The van der Waals surface area contributed by atoms with Crippen molar-refractivity contribution in [1.82, 2.24) is 15.5 Å². The van der Waals surface area contributed by atoms with Crippen molar-refractivity contribution in [3.63, 3.8) is 0 Å². The number of likely N-dealkylation sites (tertiary alicyclic amines) is 1. The smallest absolute Gasteiger partial charge is 0.244 e. The molecule has 3 aliphatic rings. The van der Waals surface area contributed by atoms with Gasteiger partial charge in [-0.2, -0.15) is 0 Å². The summed E-state index contributed by atoms with van der Waals surface area (Å²) in [6.07, 6.45) is 3.28. The summed E-state index contributed by atoms with van der Waals surface area (Å²) >= 11 is 5.36. The molecule has 0 aromatic rings. The fraction of sp³-hybridized carbons (Fsp3) is 0.857. The van der Waals surface area contributed by atoms with E-state index in [2.05, 4.69) is 33.5 Å². The molecular formula is C21H34BrN3O4S. The highest BCUT2D eigenvalue weighted by atomic mass is 79.9. The van der Waals surface area contributed by atoms with Crippen LogP contribution in [0.1, 0.15) is 46.5 Å². The van der Waals surface area contributed by atoms with Gasteiger partial charge in [0.05, 0.1) is 29.2 Å². The van der Waals surface area contributed by atoms with E-state index in [1.54, 1.807) is 23.7 Å². The summed E-state index contributed by atoms with van der Waals surface area (Å²) in [4.78, 5) is 41.8. The number of aliphatic hydroxyl groups excluding tert-OH is 1. The minimum absolute atomic E-state index is 0.0387. The van der Waals surface area contributed by atoms with E-state index in [-0.39, 0.29) is 40.3 Å². The number of thioether (sulfide) groups is 1. The summed E-state index contributed by atoms with van der Waals surface area (Å²) in [5, 5.41) is 15.9. The van der Waals surface area contributed by atoms with Crippen LogP contribution in [0.3, 0.4) is 0 Å². The van der Waals surface area contributed by atoms with E-state index in [0.717, 1.165) is 19.3 Å². The standard InChI is InChI=1S/C21H34BrN3O4S/c1-5-7-8-24-19(28)17-21-9-12(22)16(30-21)14(18(27)23-4)15(21)20(29)25(17)13(10-26)11(3)6-2/h11-17,26H,5-10H2,1-4H3,(H,23,27)(H,24,28)/t11-,12?,13-,14-,15-,16-,17?,21?/m0/s1. The number of amides is 3. The molecule has 3 amide bonds. The maximum Gasteiger partial charge on any atom is 0.244 e. The molecule has 8 atom stereocenters. The zero-order valence-electron chi connectivity index (χ0n) is 18.2. The third kappa shape index (κ3) is 3.58. The SMILES string of the molecule is CCCCNC(=O)C1N([C@@H](CO)[C@@H](C)CC)C(=O)[C@@H]2[C@H](C(=O)NC)[C@H]3SC12CC3Br. The largest absolute Gasteiger partial charge is 0.394 e. The predicted molar refractivity (Wildman–Crippen MR) is 121 cm³/mol. The summed E-state index contributed by atoms with van der Waals surface area (Å²) < 4.78 is -0.649. The van der Waals surface area contributed by atoms with E-state index < -0.39 is 28.7 Å². The van der Waals surface area contributed by atoms with E-state index in [4.69, 9.17) is 0 Å². The Labute approximate surface area is 191 Å². The number of nitrogens with one attached hydrogen (secondary N) is 2. The van der Waals surface area contributed by atoms with Crippen molar-refractivity contribution in [1.29, 1.82) is 0 Å². The van der Waals surface area contributed by atoms with Crippen LogP contribution >= 0.6 is 27.7 Å². The van der Waals surface area contributed by atoms with Crippen molar-refractivity contribution < 1.29 is 19.5 Å². The molecule has 170 valence electrons. The van der Waals surface area contributed by atoms with E-state index in [0.29, 0.717) is 13.0 Å². The second-order valence-electron chi connectivity index (χ2n) is 8.80. The topological polar surface area (TPSA) is 98.7 Å². The number of carbonyl (C=O) groups excluding carboxylic acids is 3. The van der Waals surface area contributed by atoms with Gasteiger partial charge in [0.2, 0.25) is 17.7 Å². The average molecular weight is 504 g/mol. The minimum atomic E-state index is -0.678. The van der Waals surface area contributed by atoms with Crippen LogP contribution in [-0.4, -0.2) is 74.8 Å². The van der Waals surface area contributed by atoms with Gasteiger partial charge in [0.25, 0.3) is 0 Å². The molecule has 3 saturated heterocycles. The van der Waals surface area contributed by atoms with Crippen LogP contribution in [0, 0.1) is 17.8 Å². The number of hydrogen-bond acceptors (Lipinski definition) is 5. The highest BCUT2D eigenvalue weighted by Crippen LogP contribution is 2.68. The Balaban J connectivity index is 2.06. The Morgan fingerprint density at radius 1 is 1.37 bits per heavy atom. The summed E-state index contributed by atoms with van der Waals surface area (Å²) in [7, 11) is 1.59. The van der Waals surface area contributed by atoms with Crippen molar-refractivity contribution in [3.05, 3.63) is 0 Å². The Morgan fingerprint density at radius 2 is 2.07 bits per heavy atom. The van der Waals surface area contributed by atoms with Gasteiger partial charge in [-0.3, -0.25) is 14.4 Å². The monoisotopic (exact) mass is 503 g/mol. The lowest BCUT2D eigenvalue weighted by Crippen LogP contribution is -2.58. The molecule has 3 heterocycles. The van der Waals surface area contributed by atoms with Gasteiger partial charge in [-0.05, 0) is 18.8 Å². The number of alkyl halides is 1. The first-order valence-corrected chi connectivity index (χ1v) is 12.8. The van der Waals surface area contributed by atoms with Gasteiger partial charge in [0.15, 0.2) is 0 Å². The molecule has 0 aliphatic carbocycles. The molecular weight excluding hydrogens is 470 g/mol. The molecule has 7 nitrogen and oxygen atoms in total. The Bertz CT molecular complexity index is 695. The summed E-state index contributed by atoms with van der Waals surface area (Å²) in [6.45, 7) is 6.45. The molecule has 3 rings (SSSR count). The summed E-state index contributed by atoms with van der Waals surface area (Å²) in [5.74, 6) is -1.44. The second-order valence-corrected chi connectivity index (χ2v) is 11.5. The summed E-state index contributed by atoms with van der Waals surface area (Å²) in [5.41, 5.74) is 0. The average Bonchev–Trinajstić information content (AvgIpc) is 3.32. The van der Waals surface area contributed by atoms with Gasteiger partial charge in [0, 0.05) is 23.7 Å². The number of rotatable bonds is 9. The second kappa shape index (κ2) is 9.36. The molecule has 3 unspecified atom stereocenters. The van der Waals surface area contributed by atoms with Crippen LogP contribution in [0.4, 0.5) is 0 Å². The van der Waals surface area contributed by atoms with Crippen LogP contribution in [0.2, 0.25) is 0 Å². The lowest BCUT2D eigenvalue weighted by molar-refractivity contribution is -0.143. The first-order chi connectivity index (χ1) is 14.3. The van der Waals surface area contributed by atoms with Crippen molar-refractivity contribution in [2.75, 3.05) is 20.2 Å². The molecule has 9 heteroatoms. The number of nitrogens with zero attached hydrogens (tertiary/aromatic N) is 1. The van der Waals surface area contributed by atoms with Crippen LogP contribution in [0.25, 0.3) is 0 Å². The molecule has 2 bridgehead atoms. The van der Waals surface area contributed by atoms with E-state index >= 15 is 0 Å². The summed E-state index contributed by atoms with van der Waals surface area (Å²) in [6, 6.07) is -1.12. The Morgan fingerprint density at radius 3 is 2.63 bits per heavy atom. The van der Waals surface area contributed by atoms with Gasteiger partial charge in [-0.1, -0.05) is 49.5 Å². The highest BCUT2D eigenvalue weighted by molar-refractivity contribution is 9.09. The lowest BCUT2D eigenvalue weighted by Gasteiger charge is -2.39. The molecule has 0 radical (unpaired) electrons. The van der Waals surface area contributed by atoms with Crippen LogP contribution in [0.5, 0.6) is 0 Å². The molecule has 3 fully saturated rings. The number of halogens is 1. The Hall–Kier alpha value is -0.800. The molecule has 0 saturated carbocycles. The van der Waals surface area contributed by atoms with Gasteiger partial charge in [0.1, 0.15) is 6.04 Å². The molecule has 0 aromatic carbocycles. The normalized spacial score (nSPS) is 36.5. The van der Waals surface area contributed by atoms with Crippen LogP contribution in [0.15, 0.2) is 0 Å². The first-order valence-electron chi connectivity index (χ1n) is 11.0. The fourth-order valence-corrected chi connectivity index (χ4v) is 9.09. The van der Waals surface area contributed by atoms with E-state index in [1.807, 2.05) is 13.8 Å².